The number of nitrogens with zero attached hydrogens (tertiary/aromatic N) is 3. The minimum absolute atomic E-state index is 0.0964. The molecule has 2 N–H and O–H groups in total. The van der Waals surface area contributed by atoms with E-state index in [2.05, 4.69) is 9.97 Å². The molecule has 0 spiro atoms. The molecule has 7 nitrogen and oxygen atoms in total. The van der Waals surface area contributed by atoms with Crippen molar-refractivity contribution in [2.75, 3.05) is 5.73 Å². The molecule has 1 aromatic carbocycles. The first-order valence-corrected chi connectivity index (χ1v) is 6.05. The van der Waals surface area contributed by atoms with Crippen molar-refractivity contribution in [1.29, 1.82) is 0 Å². The second kappa shape index (κ2) is 5.52. The van der Waals surface area contributed by atoms with Crippen LogP contribution in [0.2, 0.25) is 0 Å². The van der Waals surface area contributed by atoms with Crippen molar-refractivity contribution < 1.29 is 9.66 Å². The van der Waals surface area contributed by atoms with E-state index in [1.165, 1.54) is 12.4 Å². The first kappa shape index (κ1) is 13.7. The van der Waals surface area contributed by atoms with Gasteiger partial charge in [0.05, 0.1) is 10.5 Å². The smallest absolute Gasteiger partial charge is 0.311 e. The van der Waals surface area contributed by atoms with E-state index in [1.807, 2.05) is 6.92 Å². The van der Waals surface area contributed by atoms with Gasteiger partial charge in [-0.15, -0.1) is 0 Å². The fourth-order valence-electron chi connectivity index (χ4n) is 1.67. The SMILES string of the molecule is CCc1ccc(Oc2ncnc(N)c2C)c([N+](=O)[O-])c1. The van der Waals surface area contributed by atoms with Gasteiger partial charge in [0.2, 0.25) is 11.6 Å². The third-order valence-electron chi connectivity index (χ3n) is 2.91. The van der Waals surface area contributed by atoms with Gasteiger partial charge in [-0.2, -0.15) is 0 Å². The fraction of sp³-hybridized carbons (Fsp3) is 0.231. The lowest BCUT2D eigenvalue weighted by molar-refractivity contribution is -0.385. The van der Waals surface area contributed by atoms with E-state index >= 15 is 0 Å². The summed E-state index contributed by atoms with van der Waals surface area (Å²) in [6, 6.07) is 4.84. The summed E-state index contributed by atoms with van der Waals surface area (Å²) >= 11 is 0. The molecule has 0 radical (unpaired) electrons. The Labute approximate surface area is 115 Å². The number of anilines is 1. The zero-order valence-electron chi connectivity index (χ0n) is 11.2. The van der Waals surface area contributed by atoms with Crippen LogP contribution in [0.1, 0.15) is 18.1 Å². The number of nitro benzene ring substituents is 1. The van der Waals surface area contributed by atoms with Crippen LogP contribution in [-0.2, 0) is 6.42 Å². The van der Waals surface area contributed by atoms with Gasteiger partial charge in [0.15, 0.2) is 0 Å². The molecule has 0 saturated heterocycles. The van der Waals surface area contributed by atoms with Gasteiger partial charge >= 0.3 is 5.69 Å². The number of aromatic nitrogens is 2. The molecule has 0 saturated carbocycles. The molecule has 20 heavy (non-hydrogen) atoms. The van der Waals surface area contributed by atoms with Crippen molar-refractivity contribution in [2.45, 2.75) is 20.3 Å². The summed E-state index contributed by atoms with van der Waals surface area (Å²) in [5.74, 6) is 0.626. The van der Waals surface area contributed by atoms with Crippen LogP contribution in [0, 0.1) is 17.0 Å². The van der Waals surface area contributed by atoms with E-state index in [0.29, 0.717) is 12.0 Å². The predicted octanol–water partition coefficient (Wildman–Crippen LogP) is 2.63. The van der Waals surface area contributed by atoms with Crippen LogP contribution in [-0.4, -0.2) is 14.9 Å². The Morgan fingerprint density at radius 1 is 1.40 bits per heavy atom. The van der Waals surface area contributed by atoms with Crippen molar-refractivity contribution in [3.05, 3.63) is 45.8 Å². The van der Waals surface area contributed by atoms with Crippen LogP contribution in [0.5, 0.6) is 11.6 Å². The lowest BCUT2D eigenvalue weighted by Crippen LogP contribution is -2.01. The highest BCUT2D eigenvalue weighted by Gasteiger charge is 2.18. The Kier molecular flexibility index (Phi) is 3.79. The number of nitrogens with two attached hydrogens (primary N) is 1. The first-order valence-electron chi connectivity index (χ1n) is 6.05. The molecule has 0 unspecified atom stereocenters. The van der Waals surface area contributed by atoms with Gasteiger partial charge in [0.25, 0.3) is 0 Å². The molecule has 1 heterocycles. The summed E-state index contributed by atoms with van der Waals surface area (Å²) in [6.45, 7) is 3.62. The van der Waals surface area contributed by atoms with Gasteiger partial charge in [0.1, 0.15) is 12.1 Å². The minimum Gasteiger partial charge on any atom is -0.431 e. The molecule has 2 aromatic rings. The maximum atomic E-state index is 11.1. The largest absolute Gasteiger partial charge is 0.431 e. The third kappa shape index (κ3) is 2.66. The van der Waals surface area contributed by atoms with Crippen LogP contribution < -0.4 is 10.5 Å². The quantitative estimate of drug-likeness (QED) is 0.678. The van der Waals surface area contributed by atoms with Crippen LogP contribution in [0.3, 0.4) is 0 Å². The Balaban J connectivity index is 2.43. The topological polar surface area (TPSA) is 104 Å². The molecular weight excluding hydrogens is 260 g/mol. The predicted molar refractivity (Wildman–Crippen MR) is 73.7 cm³/mol. The molecule has 0 aliphatic carbocycles. The summed E-state index contributed by atoms with van der Waals surface area (Å²) in [7, 11) is 0. The summed E-state index contributed by atoms with van der Waals surface area (Å²) in [6.07, 6.45) is 1.96. The number of nitrogen functional groups attached to an aromatic ring is 1. The zero-order valence-corrected chi connectivity index (χ0v) is 11.2. The number of nitro groups is 1. The number of hydrogen-bond donors (Lipinski definition) is 1. The van der Waals surface area contributed by atoms with E-state index in [4.69, 9.17) is 10.5 Å². The molecule has 0 aliphatic rings. The molecular formula is C13H14N4O3. The van der Waals surface area contributed by atoms with E-state index in [0.717, 1.165) is 5.56 Å². The number of benzene rings is 1. The Morgan fingerprint density at radius 2 is 2.15 bits per heavy atom. The Hall–Kier alpha value is -2.70. The van der Waals surface area contributed by atoms with Crippen LogP contribution in [0.4, 0.5) is 11.5 Å². The minimum atomic E-state index is -0.478. The highest BCUT2D eigenvalue weighted by molar-refractivity contribution is 5.52. The molecule has 2 rings (SSSR count). The maximum absolute atomic E-state index is 11.1. The molecule has 104 valence electrons. The fourth-order valence-corrected chi connectivity index (χ4v) is 1.67. The third-order valence-corrected chi connectivity index (χ3v) is 2.91. The van der Waals surface area contributed by atoms with Gasteiger partial charge in [0, 0.05) is 6.07 Å². The molecule has 7 heteroatoms. The van der Waals surface area contributed by atoms with Crippen LogP contribution >= 0.6 is 0 Å². The van der Waals surface area contributed by atoms with Crippen molar-refractivity contribution in [3.8, 4) is 11.6 Å². The van der Waals surface area contributed by atoms with E-state index in [9.17, 15) is 10.1 Å². The van der Waals surface area contributed by atoms with Crippen molar-refractivity contribution in [3.63, 3.8) is 0 Å². The van der Waals surface area contributed by atoms with Gasteiger partial charge in [-0.1, -0.05) is 13.0 Å². The normalized spacial score (nSPS) is 10.3. The first-order chi connectivity index (χ1) is 9.52. The summed E-state index contributed by atoms with van der Waals surface area (Å²) in [5.41, 5.74) is 6.96. The molecule has 1 aromatic heterocycles. The number of rotatable bonds is 4. The monoisotopic (exact) mass is 274 g/mol. The second-order valence-corrected chi connectivity index (χ2v) is 4.20. The lowest BCUT2D eigenvalue weighted by atomic mass is 10.1. The number of aryl methyl sites for hydroxylation is 1. The Bertz CT molecular complexity index is 658. The van der Waals surface area contributed by atoms with Gasteiger partial charge in [-0.25, -0.2) is 9.97 Å². The van der Waals surface area contributed by atoms with E-state index in [1.54, 1.807) is 19.1 Å². The van der Waals surface area contributed by atoms with Crippen molar-refractivity contribution in [2.24, 2.45) is 0 Å². The van der Waals surface area contributed by atoms with Gasteiger partial charge in [-0.3, -0.25) is 10.1 Å². The number of ether oxygens (including phenoxy) is 1. The van der Waals surface area contributed by atoms with E-state index < -0.39 is 4.92 Å². The Morgan fingerprint density at radius 3 is 2.80 bits per heavy atom. The van der Waals surface area contributed by atoms with Gasteiger partial charge < -0.3 is 10.5 Å². The highest BCUT2D eigenvalue weighted by Crippen LogP contribution is 2.33. The summed E-state index contributed by atoms with van der Waals surface area (Å²) < 4.78 is 5.51. The van der Waals surface area contributed by atoms with Crippen LogP contribution in [0.15, 0.2) is 24.5 Å². The van der Waals surface area contributed by atoms with E-state index in [-0.39, 0.29) is 23.1 Å². The highest BCUT2D eigenvalue weighted by atomic mass is 16.6. The molecule has 0 atom stereocenters. The summed E-state index contributed by atoms with van der Waals surface area (Å²) in [5, 5.41) is 11.1. The average Bonchev–Trinajstić information content (AvgIpc) is 2.44. The number of hydrogen-bond acceptors (Lipinski definition) is 6. The second-order valence-electron chi connectivity index (χ2n) is 4.20. The molecule has 0 aliphatic heterocycles. The van der Waals surface area contributed by atoms with Crippen molar-refractivity contribution in [1.82, 2.24) is 9.97 Å². The van der Waals surface area contributed by atoms with Gasteiger partial charge in [-0.05, 0) is 25.0 Å². The van der Waals surface area contributed by atoms with Crippen LogP contribution in [0.25, 0.3) is 0 Å². The van der Waals surface area contributed by atoms with Crippen molar-refractivity contribution >= 4 is 11.5 Å². The standard InChI is InChI=1S/C13H14N4O3/c1-3-9-4-5-11(10(6-9)17(18)19)20-13-8(2)12(14)15-7-16-13/h4-7H,3H2,1-2H3,(H2,14,15,16). The maximum Gasteiger partial charge on any atom is 0.311 e. The molecule has 0 fully saturated rings. The molecule has 0 amide bonds. The molecule has 0 bridgehead atoms. The zero-order chi connectivity index (χ0) is 14.7. The summed E-state index contributed by atoms with van der Waals surface area (Å²) in [4.78, 5) is 18.4. The average molecular weight is 274 g/mol. The lowest BCUT2D eigenvalue weighted by Gasteiger charge is -2.09.